The molecule has 0 saturated carbocycles. The summed E-state index contributed by atoms with van der Waals surface area (Å²) < 4.78 is 5.14. The van der Waals surface area contributed by atoms with Gasteiger partial charge in [-0.15, -0.1) is 0 Å². The van der Waals surface area contributed by atoms with Crippen LogP contribution in [0.2, 0.25) is 0 Å². The van der Waals surface area contributed by atoms with Gasteiger partial charge in [-0.25, -0.2) is 0 Å². The Kier molecular flexibility index (Phi) is 6.21. The van der Waals surface area contributed by atoms with Crippen molar-refractivity contribution in [2.75, 3.05) is 7.11 Å². The topological polar surface area (TPSA) is 38.3 Å². The lowest BCUT2D eigenvalue weighted by Crippen LogP contribution is -2.28. The van der Waals surface area contributed by atoms with Crippen LogP contribution in [0.5, 0.6) is 5.75 Å². The lowest BCUT2D eigenvalue weighted by Gasteiger charge is -2.19. The molecular weight excluding hydrogens is 286 g/mol. The molecule has 0 unspecified atom stereocenters. The van der Waals surface area contributed by atoms with Gasteiger partial charge in [-0.2, -0.15) is 0 Å². The van der Waals surface area contributed by atoms with Crippen LogP contribution in [-0.2, 0) is 11.2 Å². The number of ether oxygens (including phenoxy) is 1. The maximum Gasteiger partial charge on any atom is 0.220 e. The van der Waals surface area contributed by atoms with Crippen LogP contribution in [0.4, 0.5) is 0 Å². The van der Waals surface area contributed by atoms with E-state index < -0.39 is 0 Å². The summed E-state index contributed by atoms with van der Waals surface area (Å²) in [5.41, 5.74) is 3.56. The molecule has 1 N–H and O–H groups in total. The van der Waals surface area contributed by atoms with Crippen molar-refractivity contribution >= 4 is 5.91 Å². The molecule has 23 heavy (non-hydrogen) atoms. The van der Waals surface area contributed by atoms with Crippen LogP contribution < -0.4 is 10.1 Å². The Bertz CT molecular complexity index is 634. The van der Waals surface area contributed by atoms with Gasteiger partial charge in [0.2, 0.25) is 5.91 Å². The Morgan fingerprint density at radius 2 is 1.83 bits per heavy atom. The van der Waals surface area contributed by atoms with Gasteiger partial charge in [-0.1, -0.05) is 43.3 Å². The van der Waals surface area contributed by atoms with Crippen LogP contribution in [0, 0.1) is 6.92 Å². The second kappa shape index (κ2) is 8.37. The summed E-state index contributed by atoms with van der Waals surface area (Å²) in [6, 6.07) is 16.2. The van der Waals surface area contributed by atoms with Gasteiger partial charge in [0.15, 0.2) is 0 Å². The van der Waals surface area contributed by atoms with E-state index in [1.54, 1.807) is 7.11 Å². The van der Waals surface area contributed by atoms with E-state index in [1.165, 1.54) is 11.1 Å². The van der Waals surface area contributed by atoms with Crippen molar-refractivity contribution in [2.45, 2.75) is 39.2 Å². The second-order valence-electron chi connectivity index (χ2n) is 5.73. The van der Waals surface area contributed by atoms with Crippen LogP contribution in [0.25, 0.3) is 0 Å². The zero-order chi connectivity index (χ0) is 16.7. The zero-order valence-corrected chi connectivity index (χ0v) is 14.1. The fourth-order valence-electron chi connectivity index (χ4n) is 2.69. The van der Waals surface area contributed by atoms with Gasteiger partial charge in [-0.05, 0) is 48.6 Å². The number of rotatable bonds is 7. The molecule has 1 atom stereocenters. The standard InChI is InChI=1S/C20H25NO2/c1-4-19(18-8-6-5-7-15(18)2)21-20(22)14-11-16-9-12-17(23-3)13-10-16/h5-10,12-13,19H,4,11,14H2,1-3H3,(H,21,22)/t19-/m1/s1. The SMILES string of the molecule is CC[C@@H](NC(=O)CCc1ccc(OC)cc1)c1ccccc1C. The number of methoxy groups -OCH3 is 1. The highest BCUT2D eigenvalue weighted by molar-refractivity contribution is 5.76. The molecule has 0 fully saturated rings. The molecule has 0 aliphatic carbocycles. The van der Waals surface area contributed by atoms with Crippen LogP contribution in [0.1, 0.15) is 42.5 Å². The Labute approximate surface area is 138 Å². The van der Waals surface area contributed by atoms with Gasteiger partial charge in [0.05, 0.1) is 13.2 Å². The molecule has 122 valence electrons. The number of hydrogen-bond donors (Lipinski definition) is 1. The third kappa shape index (κ3) is 4.85. The number of amides is 1. The second-order valence-corrected chi connectivity index (χ2v) is 5.73. The van der Waals surface area contributed by atoms with Crippen molar-refractivity contribution in [2.24, 2.45) is 0 Å². The van der Waals surface area contributed by atoms with E-state index in [0.29, 0.717) is 6.42 Å². The summed E-state index contributed by atoms with van der Waals surface area (Å²) in [6.45, 7) is 4.18. The zero-order valence-electron chi connectivity index (χ0n) is 14.1. The largest absolute Gasteiger partial charge is 0.497 e. The lowest BCUT2D eigenvalue weighted by atomic mass is 9.99. The molecule has 0 saturated heterocycles. The minimum atomic E-state index is 0.0829. The summed E-state index contributed by atoms with van der Waals surface area (Å²) in [4.78, 5) is 12.3. The van der Waals surface area contributed by atoms with Gasteiger partial charge in [0, 0.05) is 6.42 Å². The summed E-state index contributed by atoms with van der Waals surface area (Å²) >= 11 is 0. The average molecular weight is 311 g/mol. The first-order valence-electron chi connectivity index (χ1n) is 8.12. The van der Waals surface area contributed by atoms with Crippen LogP contribution in [0.3, 0.4) is 0 Å². The number of carbonyl (C=O) groups is 1. The molecule has 2 rings (SSSR count). The minimum Gasteiger partial charge on any atom is -0.497 e. The van der Waals surface area contributed by atoms with Gasteiger partial charge < -0.3 is 10.1 Å². The molecule has 2 aromatic rings. The summed E-state index contributed by atoms with van der Waals surface area (Å²) in [6.07, 6.45) is 2.12. The van der Waals surface area contributed by atoms with Gasteiger partial charge in [0.25, 0.3) is 0 Å². The molecule has 0 aliphatic heterocycles. The summed E-state index contributed by atoms with van der Waals surface area (Å²) in [7, 11) is 1.65. The fraction of sp³-hybridized carbons (Fsp3) is 0.350. The quantitative estimate of drug-likeness (QED) is 0.832. The Balaban J connectivity index is 1.91. The predicted octanol–water partition coefficient (Wildman–Crippen LogP) is 4.20. The average Bonchev–Trinajstić information content (AvgIpc) is 2.59. The van der Waals surface area contributed by atoms with Gasteiger partial charge in [0.1, 0.15) is 5.75 Å². The molecule has 3 nitrogen and oxygen atoms in total. The van der Waals surface area contributed by atoms with Crippen molar-refractivity contribution < 1.29 is 9.53 Å². The van der Waals surface area contributed by atoms with Gasteiger partial charge in [-0.3, -0.25) is 4.79 Å². The summed E-state index contributed by atoms with van der Waals surface area (Å²) in [5.74, 6) is 0.930. The monoisotopic (exact) mass is 311 g/mol. The molecule has 1 amide bonds. The highest BCUT2D eigenvalue weighted by atomic mass is 16.5. The van der Waals surface area contributed by atoms with E-state index in [1.807, 2.05) is 36.4 Å². The molecule has 0 radical (unpaired) electrons. The summed E-state index contributed by atoms with van der Waals surface area (Å²) in [5, 5.41) is 3.15. The highest BCUT2D eigenvalue weighted by Crippen LogP contribution is 2.20. The van der Waals surface area contributed by atoms with E-state index in [2.05, 4.69) is 31.3 Å². The highest BCUT2D eigenvalue weighted by Gasteiger charge is 2.14. The van der Waals surface area contributed by atoms with Crippen molar-refractivity contribution in [1.82, 2.24) is 5.32 Å². The normalized spacial score (nSPS) is 11.8. The maximum absolute atomic E-state index is 12.3. The molecule has 2 aromatic carbocycles. The smallest absolute Gasteiger partial charge is 0.220 e. The van der Waals surface area contributed by atoms with Crippen LogP contribution >= 0.6 is 0 Å². The minimum absolute atomic E-state index is 0.0829. The number of aryl methyl sites for hydroxylation is 2. The van der Waals surface area contributed by atoms with Crippen LogP contribution in [0.15, 0.2) is 48.5 Å². The third-order valence-corrected chi connectivity index (χ3v) is 4.11. The van der Waals surface area contributed by atoms with E-state index in [0.717, 1.165) is 24.2 Å². The van der Waals surface area contributed by atoms with E-state index in [9.17, 15) is 4.79 Å². The maximum atomic E-state index is 12.3. The molecule has 0 aliphatic rings. The van der Waals surface area contributed by atoms with Crippen molar-refractivity contribution in [3.63, 3.8) is 0 Å². The molecule has 0 aromatic heterocycles. The Morgan fingerprint density at radius 3 is 2.43 bits per heavy atom. The molecule has 0 bridgehead atoms. The number of benzene rings is 2. The molecule has 0 heterocycles. The molecule has 3 heteroatoms. The van der Waals surface area contributed by atoms with Crippen LogP contribution in [-0.4, -0.2) is 13.0 Å². The first kappa shape index (κ1) is 17.1. The number of hydrogen-bond acceptors (Lipinski definition) is 2. The fourth-order valence-corrected chi connectivity index (χ4v) is 2.69. The van der Waals surface area contributed by atoms with Crippen molar-refractivity contribution in [3.05, 3.63) is 65.2 Å². The first-order chi connectivity index (χ1) is 11.1. The first-order valence-corrected chi connectivity index (χ1v) is 8.12. The predicted molar refractivity (Wildman–Crippen MR) is 93.7 cm³/mol. The molecule has 0 spiro atoms. The number of carbonyl (C=O) groups excluding carboxylic acids is 1. The van der Waals surface area contributed by atoms with Gasteiger partial charge >= 0.3 is 0 Å². The van der Waals surface area contributed by atoms with E-state index >= 15 is 0 Å². The van der Waals surface area contributed by atoms with Crippen molar-refractivity contribution in [1.29, 1.82) is 0 Å². The third-order valence-electron chi connectivity index (χ3n) is 4.11. The Morgan fingerprint density at radius 1 is 1.13 bits per heavy atom. The van der Waals surface area contributed by atoms with E-state index in [4.69, 9.17) is 4.74 Å². The number of nitrogens with one attached hydrogen (secondary N) is 1. The Hall–Kier alpha value is -2.29. The van der Waals surface area contributed by atoms with E-state index in [-0.39, 0.29) is 11.9 Å². The van der Waals surface area contributed by atoms with Crippen molar-refractivity contribution in [3.8, 4) is 5.75 Å². The lowest BCUT2D eigenvalue weighted by molar-refractivity contribution is -0.121. The molecular formula is C20H25NO2.